The molecule has 1 aliphatic rings. The molecule has 1 atom stereocenters. The van der Waals surface area contributed by atoms with E-state index in [1.165, 1.54) is 0 Å². The molecule has 1 aromatic carbocycles. The Hall–Kier alpha value is -2.70. The number of amides is 1. The Balaban J connectivity index is 1.65. The maximum absolute atomic E-state index is 13.6. The lowest BCUT2D eigenvalue weighted by Crippen LogP contribution is -2.28. The first-order valence-electron chi connectivity index (χ1n) is 7.81. The summed E-state index contributed by atoms with van der Waals surface area (Å²) < 4.78 is 13.6. The molecule has 6 nitrogen and oxygen atoms in total. The number of carbonyl (C=O) groups is 1. The monoisotopic (exact) mass is 329 g/mol. The van der Waals surface area contributed by atoms with E-state index in [-0.39, 0.29) is 17.8 Å². The van der Waals surface area contributed by atoms with Gasteiger partial charge in [0.2, 0.25) is 11.9 Å². The minimum Gasteiger partial charge on any atom is -0.360 e. The van der Waals surface area contributed by atoms with Crippen LogP contribution in [0, 0.1) is 5.82 Å². The molecule has 0 aliphatic carbocycles. The van der Waals surface area contributed by atoms with E-state index in [4.69, 9.17) is 0 Å². The van der Waals surface area contributed by atoms with E-state index in [9.17, 15) is 9.18 Å². The molecule has 1 amide bonds. The van der Waals surface area contributed by atoms with Gasteiger partial charge in [-0.2, -0.15) is 4.98 Å². The van der Waals surface area contributed by atoms with Gasteiger partial charge in [0, 0.05) is 33.6 Å². The van der Waals surface area contributed by atoms with Crippen molar-refractivity contribution in [2.45, 2.75) is 19.0 Å². The smallest absolute Gasteiger partial charge is 0.225 e. The van der Waals surface area contributed by atoms with E-state index in [0.717, 1.165) is 11.8 Å². The van der Waals surface area contributed by atoms with Crippen LogP contribution in [0.25, 0.3) is 0 Å². The van der Waals surface area contributed by atoms with Gasteiger partial charge in [-0.3, -0.25) is 4.79 Å². The lowest BCUT2D eigenvalue weighted by molar-refractivity contribution is -0.128. The topological polar surface area (TPSA) is 61.4 Å². The first kappa shape index (κ1) is 16.2. The third-order valence-electron chi connectivity index (χ3n) is 3.91. The number of rotatable bonds is 5. The van der Waals surface area contributed by atoms with Gasteiger partial charge < -0.3 is 15.1 Å². The van der Waals surface area contributed by atoms with E-state index in [1.54, 1.807) is 19.0 Å². The molecule has 1 fully saturated rings. The van der Waals surface area contributed by atoms with E-state index >= 15 is 0 Å². The van der Waals surface area contributed by atoms with Crippen LogP contribution in [0.3, 0.4) is 0 Å². The Morgan fingerprint density at radius 2 is 2.08 bits per heavy atom. The van der Waals surface area contributed by atoms with Crippen molar-refractivity contribution < 1.29 is 9.18 Å². The zero-order valence-corrected chi connectivity index (χ0v) is 13.7. The molecule has 0 bridgehead atoms. The molecule has 2 heterocycles. The number of nitrogens with one attached hydrogen (secondary N) is 1. The number of carbonyl (C=O) groups excluding carboxylic acids is 1. The highest BCUT2D eigenvalue weighted by atomic mass is 19.1. The highest BCUT2D eigenvalue weighted by Gasteiger charge is 2.30. The average Bonchev–Trinajstić information content (AvgIpc) is 2.89. The predicted molar refractivity (Wildman–Crippen MR) is 90.2 cm³/mol. The largest absolute Gasteiger partial charge is 0.360 e. The highest BCUT2D eigenvalue weighted by molar-refractivity contribution is 5.79. The van der Waals surface area contributed by atoms with Crippen molar-refractivity contribution in [1.29, 1.82) is 0 Å². The van der Waals surface area contributed by atoms with Crippen LogP contribution in [-0.4, -0.2) is 47.5 Å². The van der Waals surface area contributed by atoms with Gasteiger partial charge in [0.1, 0.15) is 0 Å². The van der Waals surface area contributed by atoms with Gasteiger partial charge in [-0.05, 0) is 5.56 Å². The van der Waals surface area contributed by atoms with Crippen LogP contribution >= 0.6 is 0 Å². The van der Waals surface area contributed by atoms with Gasteiger partial charge in [-0.15, -0.1) is 0 Å². The summed E-state index contributed by atoms with van der Waals surface area (Å²) in [5.41, 5.74) is 1.10. The van der Waals surface area contributed by atoms with Crippen molar-refractivity contribution in [3.63, 3.8) is 0 Å². The minimum atomic E-state index is -0.473. The van der Waals surface area contributed by atoms with Crippen molar-refractivity contribution in [1.82, 2.24) is 14.9 Å². The number of aromatic nitrogens is 2. The SMILES string of the molecule is CN(C)c1nc(NC2CC(=O)N(Cc3ccccc3)C2)ncc1F. The van der Waals surface area contributed by atoms with Crippen molar-refractivity contribution in [2.24, 2.45) is 0 Å². The highest BCUT2D eigenvalue weighted by Crippen LogP contribution is 2.19. The molecular weight excluding hydrogens is 309 g/mol. The van der Waals surface area contributed by atoms with Gasteiger partial charge in [0.05, 0.1) is 12.2 Å². The van der Waals surface area contributed by atoms with E-state index < -0.39 is 5.82 Å². The summed E-state index contributed by atoms with van der Waals surface area (Å²) in [7, 11) is 3.44. The molecule has 0 saturated carbocycles. The summed E-state index contributed by atoms with van der Waals surface area (Å²) in [6.45, 7) is 1.16. The minimum absolute atomic E-state index is 0.0818. The second-order valence-corrected chi connectivity index (χ2v) is 6.06. The molecule has 1 N–H and O–H groups in total. The molecule has 0 spiro atoms. The van der Waals surface area contributed by atoms with Gasteiger partial charge in [-0.25, -0.2) is 9.37 Å². The van der Waals surface area contributed by atoms with Crippen molar-refractivity contribution in [2.75, 3.05) is 30.9 Å². The Morgan fingerprint density at radius 3 is 2.79 bits per heavy atom. The van der Waals surface area contributed by atoms with Gasteiger partial charge in [-0.1, -0.05) is 30.3 Å². The zero-order valence-electron chi connectivity index (χ0n) is 13.7. The van der Waals surface area contributed by atoms with E-state index in [0.29, 0.717) is 25.5 Å². The van der Waals surface area contributed by atoms with Gasteiger partial charge in [0.15, 0.2) is 11.6 Å². The fourth-order valence-corrected chi connectivity index (χ4v) is 2.75. The fourth-order valence-electron chi connectivity index (χ4n) is 2.75. The van der Waals surface area contributed by atoms with Crippen LogP contribution < -0.4 is 10.2 Å². The average molecular weight is 329 g/mol. The van der Waals surface area contributed by atoms with Crippen LogP contribution in [-0.2, 0) is 11.3 Å². The van der Waals surface area contributed by atoms with Crippen LogP contribution in [0.5, 0.6) is 0 Å². The maximum atomic E-state index is 13.6. The standard InChI is InChI=1S/C17H20FN5O/c1-22(2)16-14(18)9-19-17(21-16)20-13-8-15(24)23(11-13)10-12-6-4-3-5-7-12/h3-7,9,13H,8,10-11H2,1-2H3,(H,19,20,21). The second kappa shape index (κ2) is 6.82. The Morgan fingerprint density at radius 1 is 1.33 bits per heavy atom. The molecule has 1 unspecified atom stereocenters. The number of hydrogen-bond donors (Lipinski definition) is 1. The summed E-state index contributed by atoms with van der Waals surface area (Å²) in [5, 5.41) is 3.13. The van der Waals surface area contributed by atoms with E-state index in [2.05, 4.69) is 15.3 Å². The molecule has 3 rings (SSSR count). The second-order valence-electron chi connectivity index (χ2n) is 6.06. The molecule has 1 aromatic heterocycles. The normalized spacial score (nSPS) is 17.2. The Labute approximate surface area is 140 Å². The molecule has 1 saturated heterocycles. The number of likely N-dealkylation sites (tertiary alicyclic amines) is 1. The lowest BCUT2D eigenvalue weighted by Gasteiger charge is -2.18. The summed E-state index contributed by atoms with van der Waals surface area (Å²) in [6.07, 6.45) is 1.52. The first-order chi connectivity index (χ1) is 11.5. The van der Waals surface area contributed by atoms with Gasteiger partial charge in [0.25, 0.3) is 0 Å². The number of nitrogens with zero attached hydrogens (tertiary/aromatic N) is 4. The van der Waals surface area contributed by atoms with Crippen LogP contribution in [0.1, 0.15) is 12.0 Å². The summed E-state index contributed by atoms with van der Waals surface area (Å²) >= 11 is 0. The molecule has 126 valence electrons. The van der Waals surface area contributed by atoms with Crippen molar-refractivity contribution >= 4 is 17.7 Å². The zero-order chi connectivity index (χ0) is 17.1. The van der Waals surface area contributed by atoms with Crippen LogP contribution in [0.4, 0.5) is 16.2 Å². The molecule has 2 aromatic rings. The lowest BCUT2D eigenvalue weighted by atomic mass is 10.2. The van der Waals surface area contributed by atoms with Crippen LogP contribution in [0.2, 0.25) is 0 Å². The summed E-state index contributed by atoms with van der Waals surface area (Å²) in [6, 6.07) is 9.79. The summed E-state index contributed by atoms with van der Waals surface area (Å²) in [5.74, 6) is 0.169. The summed E-state index contributed by atoms with van der Waals surface area (Å²) in [4.78, 5) is 23.7. The Kier molecular flexibility index (Phi) is 4.59. The van der Waals surface area contributed by atoms with Gasteiger partial charge >= 0.3 is 0 Å². The molecular formula is C17H20FN5O. The van der Waals surface area contributed by atoms with Crippen molar-refractivity contribution in [3.8, 4) is 0 Å². The quantitative estimate of drug-likeness (QED) is 0.908. The Bertz CT molecular complexity index is 722. The third-order valence-corrected chi connectivity index (χ3v) is 3.91. The van der Waals surface area contributed by atoms with E-state index in [1.807, 2.05) is 35.2 Å². The molecule has 24 heavy (non-hydrogen) atoms. The predicted octanol–water partition coefficient (Wildman–Crippen LogP) is 1.89. The molecule has 7 heteroatoms. The number of anilines is 2. The number of benzene rings is 1. The van der Waals surface area contributed by atoms with Crippen molar-refractivity contribution in [3.05, 3.63) is 47.9 Å². The first-order valence-corrected chi connectivity index (χ1v) is 7.81. The number of hydrogen-bond acceptors (Lipinski definition) is 5. The third kappa shape index (κ3) is 3.61. The van der Waals surface area contributed by atoms with Crippen LogP contribution in [0.15, 0.2) is 36.5 Å². The molecule has 1 aliphatic heterocycles. The maximum Gasteiger partial charge on any atom is 0.225 e. The fraction of sp³-hybridized carbons (Fsp3) is 0.353. The molecule has 0 radical (unpaired) electrons. The number of halogens is 1.